The Hall–Kier alpha value is -1.30. The minimum absolute atomic E-state index is 0.0478. The van der Waals surface area contributed by atoms with E-state index in [1.165, 1.54) is 18.7 Å². The highest BCUT2D eigenvalue weighted by Gasteiger charge is 2.23. The fourth-order valence-electron chi connectivity index (χ4n) is 2.39. The van der Waals surface area contributed by atoms with Gasteiger partial charge in [-0.3, -0.25) is 0 Å². The normalized spacial score (nSPS) is 23.1. The first kappa shape index (κ1) is 14.1. The number of pyridine rings is 1. The molecule has 0 amide bonds. The van der Waals surface area contributed by atoms with Gasteiger partial charge in [-0.1, -0.05) is 6.42 Å². The number of hydrogen-bond acceptors (Lipinski definition) is 4. The van der Waals surface area contributed by atoms with Crippen LogP contribution < -0.4 is 5.32 Å². The second kappa shape index (κ2) is 6.23. The van der Waals surface area contributed by atoms with Crippen molar-refractivity contribution in [2.75, 3.05) is 11.6 Å². The van der Waals surface area contributed by atoms with Crippen LogP contribution in [0.2, 0.25) is 0 Å². The largest absolute Gasteiger partial charge is 0.478 e. The van der Waals surface area contributed by atoms with Gasteiger partial charge < -0.3 is 10.4 Å². The third-order valence-electron chi connectivity index (χ3n) is 3.42. The third-order valence-corrected chi connectivity index (χ3v) is 4.51. The third kappa shape index (κ3) is 3.37. The summed E-state index contributed by atoms with van der Waals surface area (Å²) in [5.41, 5.74) is -0.338. The minimum atomic E-state index is -1.27. The molecule has 1 aromatic heterocycles. The highest BCUT2D eigenvalue weighted by Crippen LogP contribution is 2.29. The molecule has 0 bridgehead atoms. The van der Waals surface area contributed by atoms with Crippen molar-refractivity contribution in [1.82, 2.24) is 4.98 Å². The summed E-state index contributed by atoms with van der Waals surface area (Å²) in [6.07, 6.45) is 7.61. The predicted octanol–water partition coefficient (Wildman–Crippen LogP) is 3.01. The molecule has 2 atom stereocenters. The number of hydrogen-bond donors (Lipinski definition) is 2. The number of aromatic carboxylic acids is 1. The molecule has 0 spiro atoms. The predicted molar refractivity (Wildman–Crippen MR) is 74.3 cm³/mol. The van der Waals surface area contributed by atoms with Crippen LogP contribution in [0.15, 0.2) is 12.3 Å². The zero-order valence-electron chi connectivity index (χ0n) is 10.7. The Morgan fingerprint density at radius 1 is 1.58 bits per heavy atom. The first-order valence-corrected chi connectivity index (χ1v) is 7.57. The van der Waals surface area contributed by atoms with Crippen LogP contribution in [0.5, 0.6) is 0 Å². The van der Waals surface area contributed by atoms with Crippen LogP contribution in [0.4, 0.5) is 10.2 Å². The topological polar surface area (TPSA) is 62.2 Å². The van der Waals surface area contributed by atoms with Gasteiger partial charge in [0.05, 0.1) is 0 Å². The lowest BCUT2D eigenvalue weighted by atomic mass is 9.95. The number of thioether (sulfide) groups is 1. The smallest absolute Gasteiger partial charge is 0.338 e. The Kier molecular flexibility index (Phi) is 4.63. The Morgan fingerprint density at radius 2 is 2.37 bits per heavy atom. The van der Waals surface area contributed by atoms with Crippen LogP contribution in [-0.4, -0.2) is 33.6 Å². The number of rotatable bonds is 4. The maximum atomic E-state index is 13.9. The van der Waals surface area contributed by atoms with E-state index in [4.69, 9.17) is 5.11 Å². The molecule has 0 aliphatic heterocycles. The molecule has 1 heterocycles. The molecule has 0 radical (unpaired) electrons. The standard InChI is InChI=1S/C13H17FN2O2S/c1-19-9-4-2-3-8(7-9)16-12-11(14)10(13(17)18)5-6-15-12/h5-6,8-9H,2-4,7H2,1H3,(H,15,16)(H,17,18). The van der Waals surface area contributed by atoms with Gasteiger partial charge in [0.1, 0.15) is 5.56 Å². The number of carbonyl (C=O) groups is 1. The molecular formula is C13H17FN2O2S. The van der Waals surface area contributed by atoms with Crippen LogP contribution in [0.1, 0.15) is 36.0 Å². The van der Waals surface area contributed by atoms with Crippen LogP contribution in [0, 0.1) is 5.82 Å². The maximum Gasteiger partial charge on any atom is 0.338 e. The Bertz CT molecular complexity index is 470. The average Bonchev–Trinajstić information content (AvgIpc) is 2.41. The molecule has 0 saturated heterocycles. The Labute approximate surface area is 115 Å². The summed E-state index contributed by atoms with van der Waals surface area (Å²) in [6.45, 7) is 0. The van der Waals surface area contributed by atoms with E-state index in [1.54, 1.807) is 0 Å². The molecule has 1 fully saturated rings. The van der Waals surface area contributed by atoms with Gasteiger partial charge in [0.15, 0.2) is 11.6 Å². The molecule has 1 aliphatic rings. The van der Waals surface area contributed by atoms with Gasteiger partial charge in [0.25, 0.3) is 0 Å². The summed E-state index contributed by atoms with van der Waals surface area (Å²) in [5.74, 6) is -2.00. The van der Waals surface area contributed by atoms with E-state index in [0.717, 1.165) is 19.3 Å². The highest BCUT2D eigenvalue weighted by molar-refractivity contribution is 7.99. The van der Waals surface area contributed by atoms with Crippen molar-refractivity contribution in [3.05, 3.63) is 23.6 Å². The number of anilines is 1. The van der Waals surface area contributed by atoms with E-state index in [0.29, 0.717) is 5.25 Å². The fourth-order valence-corrected chi connectivity index (χ4v) is 3.22. The average molecular weight is 284 g/mol. The van der Waals surface area contributed by atoms with Crippen molar-refractivity contribution >= 4 is 23.5 Å². The van der Waals surface area contributed by atoms with Gasteiger partial charge in [0, 0.05) is 17.5 Å². The summed E-state index contributed by atoms with van der Waals surface area (Å²) in [6, 6.07) is 1.34. The van der Waals surface area contributed by atoms with Gasteiger partial charge >= 0.3 is 5.97 Å². The quantitative estimate of drug-likeness (QED) is 0.890. The summed E-state index contributed by atoms with van der Waals surface area (Å²) in [7, 11) is 0. The van der Waals surface area contributed by atoms with Crippen molar-refractivity contribution in [3.8, 4) is 0 Å². The zero-order chi connectivity index (χ0) is 13.8. The lowest BCUT2D eigenvalue weighted by Gasteiger charge is -2.29. The first-order chi connectivity index (χ1) is 9.11. The summed E-state index contributed by atoms with van der Waals surface area (Å²) >= 11 is 1.82. The van der Waals surface area contributed by atoms with Crippen LogP contribution in [-0.2, 0) is 0 Å². The minimum Gasteiger partial charge on any atom is -0.478 e. The molecule has 2 rings (SSSR count). The van der Waals surface area contributed by atoms with Gasteiger partial charge in [-0.15, -0.1) is 0 Å². The fraction of sp³-hybridized carbons (Fsp3) is 0.538. The van der Waals surface area contributed by atoms with Crippen LogP contribution in [0.3, 0.4) is 0 Å². The van der Waals surface area contributed by atoms with E-state index in [1.807, 2.05) is 11.8 Å². The maximum absolute atomic E-state index is 13.9. The zero-order valence-corrected chi connectivity index (χ0v) is 11.5. The second-order valence-corrected chi connectivity index (χ2v) is 5.83. The molecule has 104 valence electrons. The molecule has 1 saturated carbocycles. The molecule has 1 aliphatic carbocycles. The summed E-state index contributed by atoms with van der Waals surface area (Å²) in [5, 5.41) is 12.5. The highest BCUT2D eigenvalue weighted by atomic mass is 32.2. The number of carboxylic acid groups (broad SMARTS) is 1. The SMILES string of the molecule is CSC1CCCC(Nc2nccc(C(=O)O)c2F)C1. The van der Waals surface area contributed by atoms with E-state index >= 15 is 0 Å². The number of carboxylic acids is 1. The van der Waals surface area contributed by atoms with Gasteiger partial charge in [-0.05, 0) is 31.6 Å². The van der Waals surface area contributed by atoms with E-state index < -0.39 is 11.8 Å². The van der Waals surface area contributed by atoms with Crippen molar-refractivity contribution in [2.45, 2.75) is 37.0 Å². The van der Waals surface area contributed by atoms with E-state index in [-0.39, 0.29) is 17.4 Å². The Balaban J connectivity index is 2.10. The number of aromatic nitrogens is 1. The number of nitrogens with one attached hydrogen (secondary N) is 1. The monoisotopic (exact) mass is 284 g/mol. The number of halogens is 1. The molecular weight excluding hydrogens is 267 g/mol. The molecule has 2 unspecified atom stereocenters. The summed E-state index contributed by atoms with van der Waals surface area (Å²) in [4.78, 5) is 14.8. The molecule has 1 aromatic rings. The first-order valence-electron chi connectivity index (χ1n) is 6.29. The van der Waals surface area contributed by atoms with Gasteiger partial charge in [-0.2, -0.15) is 11.8 Å². The van der Waals surface area contributed by atoms with Gasteiger partial charge in [0.2, 0.25) is 0 Å². The van der Waals surface area contributed by atoms with Crippen LogP contribution in [0.25, 0.3) is 0 Å². The molecule has 6 heteroatoms. The van der Waals surface area contributed by atoms with Crippen molar-refractivity contribution in [2.24, 2.45) is 0 Å². The van der Waals surface area contributed by atoms with Gasteiger partial charge in [-0.25, -0.2) is 14.2 Å². The van der Waals surface area contributed by atoms with E-state index in [9.17, 15) is 9.18 Å². The molecule has 2 N–H and O–H groups in total. The molecule has 0 aromatic carbocycles. The van der Waals surface area contributed by atoms with E-state index in [2.05, 4.69) is 16.6 Å². The molecule has 4 nitrogen and oxygen atoms in total. The molecule has 19 heavy (non-hydrogen) atoms. The van der Waals surface area contributed by atoms with Crippen molar-refractivity contribution < 1.29 is 14.3 Å². The lowest BCUT2D eigenvalue weighted by Crippen LogP contribution is -2.29. The van der Waals surface area contributed by atoms with Crippen molar-refractivity contribution in [1.29, 1.82) is 0 Å². The van der Waals surface area contributed by atoms with Crippen LogP contribution >= 0.6 is 11.8 Å². The second-order valence-electron chi connectivity index (χ2n) is 4.69. The Morgan fingerprint density at radius 3 is 3.05 bits per heavy atom. The lowest BCUT2D eigenvalue weighted by molar-refractivity contribution is 0.0692. The number of nitrogens with zero attached hydrogens (tertiary/aromatic N) is 1. The summed E-state index contributed by atoms with van der Waals surface area (Å²) < 4.78 is 13.9. The van der Waals surface area contributed by atoms with Crippen molar-refractivity contribution in [3.63, 3.8) is 0 Å².